The number of nitrogens with zero attached hydrogens (tertiary/aromatic N) is 2. The lowest BCUT2D eigenvalue weighted by Crippen LogP contribution is -2.38. The van der Waals surface area contributed by atoms with Crippen LogP contribution in [0.5, 0.6) is 5.75 Å². The maximum absolute atomic E-state index is 12.9. The Kier molecular flexibility index (Phi) is 6.42. The average molecular weight is 424 g/mol. The SMILES string of the molecule is Cc1cccc(N2C(=O)/C(=C\c3ccc(OCCN4CCOCC4)cc3)NC2=S)c1. The minimum absolute atomic E-state index is 0.156. The number of carbonyl (C=O) groups is 1. The highest BCUT2D eigenvalue weighted by Crippen LogP contribution is 2.24. The molecule has 0 atom stereocenters. The van der Waals surface area contributed by atoms with E-state index in [9.17, 15) is 4.79 Å². The van der Waals surface area contributed by atoms with Gasteiger partial charge in [0.25, 0.3) is 5.91 Å². The number of amides is 1. The summed E-state index contributed by atoms with van der Waals surface area (Å²) in [6, 6.07) is 15.4. The van der Waals surface area contributed by atoms with E-state index in [1.165, 1.54) is 4.90 Å². The average Bonchev–Trinajstić information content (AvgIpc) is 3.03. The molecule has 6 nitrogen and oxygen atoms in total. The number of thiocarbonyl (C=S) groups is 1. The van der Waals surface area contributed by atoms with E-state index in [0.717, 1.165) is 55.4 Å². The molecule has 1 N–H and O–H groups in total. The maximum atomic E-state index is 12.9. The summed E-state index contributed by atoms with van der Waals surface area (Å²) in [4.78, 5) is 16.7. The zero-order valence-electron chi connectivity index (χ0n) is 17.0. The first kappa shape index (κ1) is 20.5. The highest BCUT2D eigenvalue weighted by atomic mass is 32.1. The molecule has 0 unspecified atom stereocenters. The van der Waals surface area contributed by atoms with Gasteiger partial charge in [-0.15, -0.1) is 0 Å². The van der Waals surface area contributed by atoms with Crippen molar-refractivity contribution in [3.63, 3.8) is 0 Å². The van der Waals surface area contributed by atoms with E-state index in [1.54, 1.807) is 0 Å². The molecule has 7 heteroatoms. The summed E-state index contributed by atoms with van der Waals surface area (Å²) in [6.45, 7) is 7.01. The number of anilines is 1. The second-order valence-electron chi connectivity index (χ2n) is 7.34. The lowest BCUT2D eigenvalue weighted by atomic mass is 10.1. The molecule has 4 rings (SSSR count). The molecule has 0 aliphatic carbocycles. The molecular weight excluding hydrogens is 398 g/mol. The van der Waals surface area contributed by atoms with Crippen LogP contribution in [0.4, 0.5) is 5.69 Å². The predicted molar refractivity (Wildman–Crippen MR) is 122 cm³/mol. The third-order valence-corrected chi connectivity index (χ3v) is 5.39. The molecule has 0 aromatic heterocycles. The van der Waals surface area contributed by atoms with Crippen molar-refractivity contribution in [1.82, 2.24) is 10.2 Å². The number of aryl methyl sites for hydroxylation is 1. The second-order valence-corrected chi connectivity index (χ2v) is 7.73. The normalized spacial score (nSPS) is 18.7. The maximum Gasteiger partial charge on any atom is 0.281 e. The summed E-state index contributed by atoms with van der Waals surface area (Å²) in [5.41, 5.74) is 3.21. The third-order valence-electron chi connectivity index (χ3n) is 5.11. The Morgan fingerprint density at radius 2 is 1.93 bits per heavy atom. The smallest absolute Gasteiger partial charge is 0.281 e. The van der Waals surface area contributed by atoms with Crippen LogP contribution in [0, 0.1) is 6.92 Å². The van der Waals surface area contributed by atoms with Gasteiger partial charge >= 0.3 is 0 Å². The molecule has 0 radical (unpaired) electrons. The summed E-state index contributed by atoms with van der Waals surface area (Å²) in [5, 5.41) is 3.42. The summed E-state index contributed by atoms with van der Waals surface area (Å²) in [6.07, 6.45) is 1.81. The molecule has 0 bridgehead atoms. The minimum atomic E-state index is -0.156. The van der Waals surface area contributed by atoms with Crippen LogP contribution in [-0.2, 0) is 9.53 Å². The monoisotopic (exact) mass is 423 g/mol. The van der Waals surface area contributed by atoms with Gasteiger partial charge in [-0.3, -0.25) is 14.6 Å². The summed E-state index contributed by atoms with van der Waals surface area (Å²) in [5.74, 6) is 0.657. The molecular formula is C23H25N3O3S. The number of hydrogen-bond donors (Lipinski definition) is 1. The van der Waals surface area contributed by atoms with Crippen LogP contribution in [-0.4, -0.2) is 55.4 Å². The van der Waals surface area contributed by atoms with Gasteiger partial charge in [0.1, 0.15) is 18.1 Å². The summed E-state index contributed by atoms with van der Waals surface area (Å²) in [7, 11) is 0. The Labute approximate surface area is 182 Å². The van der Waals surface area contributed by atoms with Crippen molar-refractivity contribution in [1.29, 1.82) is 0 Å². The van der Waals surface area contributed by atoms with Gasteiger partial charge < -0.3 is 14.8 Å². The topological polar surface area (TPSA) is 54.0 Å². The molecule has 2 aliphatic rings. The fourth-order valence-corrected chi connectivity index (χ4v) is 3.78. The van der Waals surface area contributed by atoms with E-state index in [-0.39, 0.29) is 5.91 Å². The van der Waals surface area contributed by atoms with Crippen molar-refractivity contribution < 1.29 is 14.3 Å². The first-order valence-corrected chi connectivity index (χ1v) is 10.5. The van der Waals surface area contributed by atoms with Crippen molar-refractivity contribution >= 4 is 35.0 Å². The molecule has 0 saturated carbocycles. The van der Waals surface area contributed by atoms with Gasteiger partial charge in [-0.05, 0) is 60.6 Å². The molecule has 2 aliphatic heterocycles. The number of carbonyl (C=O) groups excluding carboxylic acids is 1. The van der Waals surface area contributed by atoms with Crippen molar-refractivity contribution in [3.8, 4) is 5.75 Å². The molecule has 2 fully saturated rings. The largest absolute Gasteiger partial charge is 0.492 e. The first-order chi connectivity index (χ1) is 14.6. The van der Waals surface area contributed by atoms with Gasteiger partial charge in [0.2, 0.25) is 0 Å². The summed E-state index contributed by atoms with van der Waals surface area (Å²) >= 11 is 5.38. The molecule has 2 heterocycles. The van der Waals surface area contributed by atoms with E-state index in [2.05, 4.69) is 10.2 Å². The van der Waals surface area contributed by atoms with E-state index < -0.39 is 0 Å². The van der Waals surface area contributed by atoms with Gasteiger partial charge in [-0.25, -0.2) is 0 Å². The van der Waals surface area contributed by atoms with Crippen molar-refractivity contribution in [2.75, 3.05) is 44.4 Å². The predicted octanol–water partition coefficient (Wildman–Crippen LogP) is 2.97. The van der Waals surface area contributed by atoms with Crippen LogP contribution >= 0.6 is 12.2 Å². The van der Waals surface area contributed by atoms with E-state index in [1.807, 2.05) is 61.5 Å². The van der Waals surface area contributed by atoms with Crippen molar-refractivity contribution in [2.45, 2.75) is 6.92 Å². The van der Waals surface area contributed by atoms with Crippen LogP contribution in [0.2, 0.25) is 0 Å². The Morgan fingerprint density at radius 3 is 2.67 bits per heavy atom. The first-order valence-electron chi connectivity index (χ1n) is 10.1. The van der Waals surface area contributed by atoms with Gasteiger partial charge in [-0.1, -0.05) is 24.3 Å². The number of hydrogen-bond acceptors (Lipinski definition) is 5. The molecule has 1 amide bonds. The van der Waals surface area contributed by atoms with Gasteiger partial charge in [-0.2, -0.15) is 0 Å². The number of ether oxygens (including phenoxy) is 2. The fourth-order valence-electron chi connectivity index (χ4n) is 3.48. The quantitative estimate of drug-likeness (QED) is 0.570. The highest BCUT2D eigenvalue weighted by molar-refractivity contribution is 7.80. The number of benzene rings is 2. The van der Waals surface area contributed by atoms with Crippen LogP contribution in [0.15, 0.2) is 54.2 Å². The molecule has 156 valence electrons. The summed E-state index contributed by atoms with van der Waals surface area (Å²) < 4.78 is 11.2. The zero-order chi connectivity index (χ0) is 20.9. The van der Waals surface area contributed by atoms with E-state index >= 15 is 0 Å². The minimum Gasteiger partial charge on any atom is -0.492 e. The van der Waals surface area contributed by atoms with Crippen LogP contribution in [0.3, 0.4) is 0 Å². The molecule has 30 heavy (non-hydrogen) atoms. The van der Waals surface area contributed by atoms with Crippen LogP contribution < -0.4 is 15.0 Å². The Bertz CT molecular complexity index is 952. The molecule has 0 spiro atoms. The number of nitrogens with one attached hydrogen (secondary N) is 1. The lowest BCUT2D eigenvalue weighted by molar-refractivity contribution is -0.113. The molecule has 2 aromatic carbocycles. The Balaban J connectivity index is 1.37. The molecule has 2 saturated heterocycles. The fraction of sp³-hybridized carbons (Fsp3) is 0.304. The van der Waals surface area contributed by atoms with E-state index in [0.29, 0.717) is 17.4 Å². The van der Waals surface area contributed by atoms with Gasteiger partial charge in [0, 0.05) is 19.6 Å². The number of rotatable bonds is 6. The Hall–Kier alpha value is -2.74. The zero-order valence-corrected chi connectivity index (χ0v) is 17.8. The van der Waals surface area contributed by atoms with E-state index in [4.69, 9.17) is 21.7 Å². The molecule has 2 aromatic rings. The van der Waals surface area contributed by atoms with Crippen molar-refractivity contribution in [3.05, 3.63) is 65.4 Å². The standard InChI is InChI=1S/C23H25N3O3S/c1-17-3-2-4-19(15-17)26-22(27)21(24-23(26)30)16-18-5-7-20(8-6-18)29-14-11-25-9-12-28-13-10-25/h2-8,15-16H,9-14H2,1H3,(H,24,30)/b21-16+. The third kappa shape index (κ3) is 4.87. The Morgan fingerprint density at radius 1 is 1.17 bits per heavy atom. The second kappa shape index (κ2) is 9.38. The van der Waals surface area contributed by atoms with Crippen LogP contribution in [0.25, 0.3) is 6.08 Å². The lowest BCUT2D eigenvalue weighted by Gasteiger charge is -2.26. The van der Waals surface area contributed by atoms with Gasteiger partial charge in [0.15, 0.2) is 5.11 Å². The van der Waals surface area contributed by atoms with Gasteiger partial charge in [0.05, 0.1) is 18.9 Å². The highest BCUT2D eigenvalue weighted by Gasteiger charge is 2.31. The van der Waals surface area contributed by atoms with Crippen LogP contribution in [0.1, 0.15) is 11.1 Å². The number of morpholine rings is 1. The van der Waals surface area contributed by atoms with Crippen molar-refractivity contribution in [2.24, 2.45) is 0 Å².